The van der Waals surface area contributed by atoms with E-state index in [0.717, 1.165) is 18.5 Å². The van der Waals surface area contributed by atoms with Crippen LogP contribution in [-0.2, 0) is 0 Å². The Hall–Kier alpha value is -1.22. The van der Waals surface area contributed by atoms with Gasteiger partial charge in [0, 0.05) is 24.6 Å². The van der Waals surface area contributed by atoms with Crippen LogP contribution >= 0.6 is 0 Å². The minimum absolute atomic E-state index is 0.116. The molecule has 76 valence electrons. The second-order valence-corrected chi connectivity index (χ2v) is 3.99. The maximum atomic E-state index is 9.65. The predicted octanol–water partition coefficient (Wildman–Crippen LogP) is 1.56. The third-order valence-electron chi connectivity index (χ3n) is 2.80. The molecular formula is C11H15NO2. The van der Waals surface area contributed by atoms with Gasteiger partial charge in [0.15, 0.2) is 0 Å². The van der Waals surface area contributed by atoms with Gasteiger partial charge in [-0.3, -0.25) is 0 Å². The summed E-state index contributed by atoms with van der Waals surface area (Å²) >= 11 is 0. The first-order valence-electron chi connectivity index (χ1n) is 4.92. The summed E-state index contributed by atoms with van der Waals surface area (Å²) in [6.07, 6.45) is 1.04. The molecule has 0 saturated carbocycles. The van der Waals surface area contributed by atoms with Crippen molar-refractivity contribution in [2.24, 2.45) is 0 Å². The lowest BCUT2D eigenvalue weighted by Crippen LogP contribution is -2.16. The largest absolute Gasteiger partial charge is 0.508 e. The van der Waals surface area contributed by atoms with Crippen molar-refractivity contribution in [3.63, 3.8) is 0 Å². The lowest BCUT2D eigenvalue weighted by molar-refractivity contribution is 0.442. The highest BCUT2D eigenvalue weighted by Crippen LogP contribution is 2.33. The fraction of sp³-hybridized carbons (Fsp3) is 0.455. The summed E-state index contributed by atoms with van der Waals surface area (Å²) in [5, 5.41) is 22.1. The molecule has 0 amide bonds. The third-order valence-corrected chi connectivity index (χ3v) is 2.80. The lowest BCUT2D eigenvalue weighted by atomic mass is 9.96. The minimum Gasteiger partial charge on any atom is -0.508 e. The maximum Gasteiger partial charge on any atom is 0.122 e. The van der Waals surface area contributed by atoms with Gasteiger partial charge in [-0.1, -0.05) is 6.07 Å². The third kappa shape index (κ3) is 1.68. The quantitative estimate of drug-likeness (QED) is 0.634. The van der Waals surface area contributed by atoms with Crippen molar-refractivity contribution in [2.45, 2.75) is 25.3 Å². The van der Waals surface area contributed by atoms with E-state index in [1.54, 1.807) is 12.1 Å². The van der Waals surface area contributed by atoms with E-state index in [0.29, 0.717) is 12.0 Å². The molecule has 14 heavy (non-hydrogen) atoms. The Morgan fingerprint density at radius 3 is 2.71 bits per heavy atom. The summed E-state index contributed by atoms with van der Waals surface area (Å²) in [5.74, 6) is 0.682. The summed E-state index contributed by atoms with van der Waals surface area (Å²) in [6, 6.07) is 5.33. The SMILES string of the molecule is CC1CC(c2ccc(O)cc2O)CN1. The number of hydrogen-bond acceptors (Lipinski definition) is 3. The van der Waals surface area contributed by atoms with E-state index >= 15 is 0 Å². The highest BCUT2D eigenvalue weighted by molar-refractivity contribution is 5.41. The molecule has 2 unspecified atom stereocenters. The van der Waals surface area contributed by atoms with E-state index in [2.05, 4.69) is 12.2 Å². The molecule has 0 bridgehead atoms. The smallest absolute Gasteiger partial charge is 0.122 e. The van der Waals surface area contributed by atoms with Crippen molar-refractivity contribution in [3.8, 4) is 11.5 Å². The average Bonchev–Trinajstić information content (AvgIpc) is 2.51. The summed E-state index contributed by atoms with van der Waals surface area (Å²) in [5.41, 5.74) is 0.930. The first kappa shape index (κ1) is 9.34. The summed E-state index contributed by atoms with van der Waals surface area (Å²) in [7, 11) is 0. The van der Waals surface area contributed by atoms with Crippen molar-refractivity contribution >= 4 is 0 Å². The van der Waals surface area contributed by atoms with E-state index in [1.165, 1.54) is 6.07 Å². The van der Waals surface area contributed by atoms with Crippen molar-refractivity contribution in [3.05, 3.63) is 23.8 Å². The molecule has 1 aromatic carbocycles. The summed E-state index contributed by atoms with van der Waals surface area (Å²) < 4.78 is 0. The van der Waals surface area contributed by atoms with Gasteiger partial charge in [-0.15, -0.1) is 0 Å². The van der Waals surface area contributed by atoms with Crippen molar-refractivity contribution in [1.82, 2.24) is 5.32 Å². The van der Waals surface area contributed by atoms with Gasteiger partial charge in [0.2, 0.25) is 0 Å². The predicted molar refractivity (Wildman–Crippen MR) is 54.6 cm³/mol. The molecule has 3 nitrogen and oxygen atoms in total. The second-order valence-electron chi connectivity index (χ2n) is 3.99. The van der Waals surface area contributed by atoms with Crippen molar-refractivity contribution in [1.29, 1.82) is 0 Å². The zero-order chi connectivity index (χ0) is 10.1. The van der Waals surface area contributed by atoms with Crippen LogP contribution in [0.5, 0.6) is 11.5 Å². The Balaban J connectivity index is 2.24. The Labute approximate surface area is 83.4 Å². The first-order chi connectivity index (χ1) is 6.66. The van der Waals surface area contributed by atoms with Crippen LogP contribution in [0.25, 0.3) is 0 Å². The molecule has 1 fully saturated rings. The van der Waals surface area contributed by atoms with Crippen LogP contribution < -0.4 is 5.32 Å². The molecule has 2 rings (SSSR count). The summed E-state index contributed by atoms with van der Waals surface area (Å²) in [6.45, 7) is 3.04. The zero-order valence-electron chi connectivity index (χ0n) is 8.20. The molecule has 0 spiro atoms. The zero-order valence-corrected chi connectivity index (χ0v) is 8.20. The number of aromatic hydroxyl groups is 2. The normalized spacial score (nSPS) is 26.6. The van der Waals surface area contributed by atoms with Gasteiger partial charge in [0.25, 0.3) is 0 Å². The highest BCUT2D eigenvalue weighted by atomic mass is 16.3. The number of nitrogens with one attached hydrogen (secondary N) is 1. The molecule has 2 atom stereocenters. The van der Waals surface area contributed by atoms with Gasteiger partial charge in [0.1, 0.15) is 11.5 Å². The highest BCUT2D eigenvalue weighted by Gasteiger charge is 2.24. The number of hydrogen-bond donors (Lipinski definition) is 3. The molecular weight excluding hydrogens is 178 g/mol. The van der Waals surface area contributed by atoms with E-state index in [-0.39, 0.29) is 11.5 Å². The number of benzene rings is 1. The molecule has 0 aliphatic carbocycles. The molecule has 1 aliphatic rings. The molecule has 1 aromatic rings. The Morgan fingerprint density at radius 1 is 1.36 bits per heavy atom. The maximum absolute atomic E-state index is 9.65. The standard InChI is InChI=1S/C11H15NO2/c1-7-4-8(6-12-7)10-3-2-9(13)5-11(10)14/h2-3,5,7-8,12-14H,4,6H2,1H3. The van der Waals surface area contributed by atoms with Gasteiger partial charge in [-0.25, -0.2) is 0 Å². The van der Waals surface area contributed by atoms with Crippen molar-refractivity contribution < 1.29 is 10.2 Å². The minimum atomic E-state index is 0.116. The van der Waals surface area contributed by atoms with Crippen LogP contribution in [0.3, 0.4) is 0 Å². The van der Waals surface area contributed by atoms with Crippen LogP contribution in [0.15, 0.2) is 18.2 Å². The van der Waals surface area contributed by atoms with E-state index in [1.807, 2.05) is 0 Å². The monoisotopic (exact) mass is 193 g/mol. The van der Waals surface area contributed by atoms with Gasteiger partial charge < -0.3 is 15.5 Å². The van der Waals surface area contributed by atoms with Gasteiger partial charge in [-0.2, -0.15) is 0 Å². The van der Waals surface area contributed by atoms with Gasteiger partial charge >= 0.3 is 0 Å². The van der Waals surface area contributed by atoms with E-state index in [9.17, 15) is 5.11 Å². The van der Waals surface area contributed by atoms with Crippen LogP contribution in [0.4, 0.5) is 0 Å². The Morgan fingerprint density at radius 2 is 2.14 bits per heavy atom. The molecule has 3 heteroatoms. The summed E-state index contributed by atoms with van der Waals surface area (Å²) in [4.78, 5) is 0. The fourth-order valence-electron chi connectivity index (χ4n) is 2.05. The number of phenols is 2. The van der Waals surface area contributed by atoms with Crippen LogP contribution in [0.1, 0.15) is 24.8 Å². The number of rotatable bonds is 1. The molecule has 0 radical (unpaired) electrons. The first-order valence-corrected chi connectivity index (χ1v) is 4.92. The topological polar surface area (TPSA) is 52.5 Å². The lowest BCUT2D eigenvalue weighted by Gasteiger charge is -2.11. The second kappa shape index (κ2) is 3.50. The van der Waals surface area contributed by atoms with Crippen LogP contribution in [0, 0.1) is 0 Å². The Kier molecular flexibility index (Phi) is 2.33. The number of phenolic OH excluding ortho intramolecular Hbond substituents is 2. The van der Waals surface area contributed by atoms with Crippen LogP contribution in [0.2, 0.25) is 0 Å². The van der Waals surface area contributed by atoms with Gasteiger partial charge in [-0.05, 0) is 25.0 Å². The molecule has 1 aliphatic heterocycles. The molecule has 1 heterocycles. The molecule has 3 N–H and O–H groups in total. The average molecular weight is 193 g/mol. The molecule has 1 saturated heterocycles. The van der Waals surface area contributed by atoms with Gasteiger partial charge in [0.05, 0.1) is 0 Å². The van der Waals surface area contributed by atoms with E-state index in [4.69, 9.17) is 5.11 Å². The van der Waals surface area contributed by atoms with E-state index < -0.39 is 0 Å². The van der Waals surface area contributed by atoms with Crippen molar-refractivity contribution in [2.75, 3.05) is 6.54 Å². The Bertz CT molecular complexity index is 338. The molecule has 0 aromatic heterocycles. The fourth-order valence-corrected chi connectivity index (χ4v) is 2.05. The van der Waals surface area contributed by atoms with Crippen LogP contribution in [-0.4, -0.2) is 22.8 Å².